The van der Waals surface area contributed by atoms with Gasteiger partial charge in [0.2, 0.25) is 5.78 Å². The largest absolute Gasteiger partial charge is 0.461 e. The number of ketones is 1. The Morgan fingerprint density at radius 2 is 2.53 bits per heavy atom. The van der Waals surface area contributed by atoms with Crippen LogP contribution in [0.5, 0.6) is 0 Å². The first-order chi connectivity index (χ1) is 8.29. The monoisotopic (exact) mass is 237 g/mol. The molecule has 1 atom stereocenters. The number of likely N-dealkylation sites (tertiary alicyclic amines) is 1. The van der Waals surface area contributed by atoms with Crippen LogP contribution in [0.2, 0.25) is 0 Å². The van der Waals surface area contributed by atoms with Crippen LogP contribution in [0.25, 0.3) is 0 Å². The Morgan fingerprint density at radius 1 is 1.65 bits per heavy atom. The molecule has 0 N–H and O–H groups in total. The highest BCUT2D eigenvalue weighted by Gasteiger charge is 2.22. The summed E-state index contributed by atoms with van der Waals surface area (Å²) in [5.41, 5.74) is 0. The molecule has 94 valence electrons. The van der Waals surface area contributed by atoms with Crippen LogP contribution in [0.3, 0.4) is 0 Å². The van der Waals surface area contributed by atoms with Gasteiger partial charge in [0.05, 0.1) is 18.9 Å². The van der Waals surface area contributed by atoms with Crippen LogP contribution >= 0.6 is 0 Å². The van der Waals surface area contributed by atoms with E-state index >= 15 is 0 Å². The van der Waals surface area contributed by atoms with E-state index in [9.17, 15) is 4.79 Å². The summed E-state index contributed by atoms with van der Waals surface area (Å²) in [5, 5.41) is 0. The van der Waals surface area contributed by atoms with Crippen LogP contribution in [-0.4, -0.2) is 43.0 Å². The molecule has 2 rings (SSSR count). The van der Waals surface area contributed by atoms with E-state index in [1.807, 2.05) is 6.92 Å². The summed E-state index contributed by atoms with van der Waals surface area (Å²) in [7, 11) is 0. The van der Waals surface area contributed by atoms with Gasteiger partial charge in [0, 0.05) is 13.2 Å². The minimum absolute atomic E-state index is 0.0483. The third kappa shape index (κ3) is 3.41. The molecule has 1 fully saturated rings. The van der Waals surface area contributed by atoms with Crippen molar-refractivity contribution in [2.24, 2.45) is 0 Å². The summed E-state index contributed by atoms with van der Waals surface area (Å²) in [4.78, 5) is 14.0. The predicted molar refractivity (Wildman–Crippen MR) is 64.1 cm³/mol. The van der Waals surface area contributed by atoms with Crippen molar-refractivity contribution in [2.75, 3.05) is 26.2 Å². The lowest BCUT2D eigenvalue weighted by Crippen LogP contribution is -2.42. The topological polar surface area (TPSA) is 42.7 Å². The number of Topliss-reactive ketones (excluding diaryl/α,β-unsaturated/α-hetero) is 1. The molecule has 0 bridgehead atoms. The molecule has 0 amide bonds. The fourth-order valence-electron chi connectivity index (χ4n) is 2.25. The van der Waals surface area contributed by atoms with Crippen LogP contribution in [0, 0.1) is 0 Å². The first-order valence-electron chi connectivity index (χ1n) is 6.20. The fraction of sp³-hybridized carbons (Fsp3) is 0.615. The molecule has 1 unspecified atom stereocenters. The maximum Gasteiger partial charge on any atom is 0.211 e. The van der Waals surface area contributed by atoms with E-state index in [1.54, 1.807) is 12.1 Å². The van der Waals surface area contributed by atoms with Gasteiger partial charge >= 0.3 is 0 Å². The summed E-state index contributed by atoms with van der Waals surface area (Å²) in [6.45, 7) is 4.99. The molecule has 1 aliphatic heterocycles. The molecule has 1 aromatic rings. The van der Waals surface area contributed by atoms with Gasteiger partial charge in [0.25, 0.3) is 0 Å². The SMILES string of the molecule is CCOC1CCCN(CC(=O)c2ccco2)C1. The lowest BCUT2D eigenvalue weighted by Gasteiger charge is -2.31. The summed E-state index contributed by atoms with van der Waals surface area (Å²) in [6.07, 6.45) is 4.00. The Morgan fingerprint density at radius 3 is 3.24 bits per heavy atom. The Balaban J connectivity index is 1.84. The second-order valence-corrected chi connectivity index (χ2v) is 4.36. The van der Waals surface area contributed by atoms with Gasteiger partial charge in [-0.15, -0.1) is 0 Å². The van der Waals surface area contributed by atoms with E-state index in [2.05, 4.69) is 4.90 Å². The zero-order chi connectivity index (χ0) is 12.1. The molecule has 0 radical (unpaired) electrons. The Hall–Kier alpha value is -1.13. The molecular formula is C13H19NO3. The average molecular weight is 237 g/mol. The van der Waals surface area contributed by atoms with Gasteiger partial charge in [-0.05, 0) is 38.4 Å². The Bertz CT molecular complexity index is 346. The number of ether oxygens (including phenoxy) is 1. The third-order valence-electron chi connectivity index (χ3n) is 3.03. The maximum atomic E-state index is 11.9. The quantitative estimate of drug-likeness (QED) is 0.734. The highest BCUT2D eigenvalue weighted by Crippen LogP contribution is 2.14. The summed E-state index contributed by atoms with van der Waals surface area (Å²) in [5.74, 6) is 0.496. The first-order valence-corrected chi connectivity index (χ1v) is 6.20. The number of carbonyl (C=O) groups excluding carboxylic acids is 1. The number of hydrogen-bond donors (Lipinski definition) is 0. The molecule has 1 aromatic heterocycles. The van der Waals surface area contributed by atoms with Crippen LogP contribution in [0.1, 0.15) is 30.3 Å². The van der Waals surface area contributed by atoms with Crippen LogP contribution < -0.4 is 0 Å². The Labute approximate surface area is 102 Å². The smallest absolute Gasteiger partial charge is 0.211 e. The number of nitrogens with zero attached hydrogens (tertiary/aromatic N) is 1. The summed E-state index contributed by atoms with van der Waals surface area (Å²) < 4.78 is 10.7. The minimum Gasteiger partial charge on any atom is -0.461 e. The lowest BCUT2D eigenvalue weighted by molar-refractivity contribution is 0.00695. The molecule has 4 nitrogen and oxygen atoms in total. The number of piperidine rings is 1. The van der Waals surface area contributed by atoms with E-state index in [-0.39, 0.29) is 11.9 Å². The highest BCUT2D eigenvalue weighted by atomic mass is 16.5. The number of furan rings is 1. The maximum absolute atomic E-state index is 11.9. The number of carbonyl (C=O) groups is 1. The van der Waals surface area contributed by atoms with Crippen LogP contribution in [0.15, 0.2) is 22.8 Å². The predicted octanol–water partition coefficient (Wildman–Crippen LogP) is 1.96. The molecule has 2 heterocycles. The van der Waals surface area contributed by atoms with Crippen LogP contribution in [-0.2, 0) is 4.74 Å². The van der Waals surface area contributed by atoms with Crippen molar-refractivity contribution in [3.63, 3.8) is 0 Å². The summed E-state index contributed by atoms with van der Waals surface area (Å²) >= 11 is 0. The zero-order valence-corrected chi connectivity index (χ0v) is 10.2. The van der Waals surface area contributed by atoms with Gasteiger partial charge in [-0.3, -0.25) is 9.69 Å². The second-order valence-electron chi connectivity index (χ2n) is 4.36. The molecule has 4 heteroatoms. The van der Waals surface area contributed by atoms with E-state index < -0.39 is 0 Å². The molecule has 0 spiro atoms. The van der Waals surface area contributed by atoms with Gasteiger partial charge < -0.3 is 9.15 Å². The summed E-state index contributed by atoms with van der Waals surface area (Å²) in [6, 6.07) is 3.46. The van der Waals surface area contributed by atoms with Gasteiger partial charge in [-0.1, -0.05) is 0 Å². The minimum atomic E-state index is 0.0483. The van der Waals surface area contributed by atoms with Crippen molar-refractivity contribution in [2.45, 2.75) is 25.9 Å². The molecule has 0 saturated carbocycles. The van der Waals surface area contributed by atoms with Crippen molar-refractivity contribution in [1.82, 2.24) is 4.90 Å². The zero-order valence-electron chi connectivity index (χ0n) is 10.2. The first kappa shape index (κ1) is 12.3. The second kappa shape index (κ2) is 5.98. The van der Waals surface area contributed by atoms with Crippen molar-refractivity contribution >= 4 is 5.78 Å². The molecule has 17 heavy (non-hydrogen) atoms. The van der Waals surface area contributed by atoms with Crippen molar-refractivity contribution in [3.8, 4) is 0 Å². The molecule has 1 saturated heterocycles. The number of hydrogen-bond acceptors (Lipinski definition) is 4. The Kier molecular flexibility index (Phi) is 4.34. The molecule has 1 aliphatic rings. The van der Waals surface area contributed by atoms with Gasteiger partial charge in [-0.25, -0.2) is 0 Å². The highest BCUT2D eigenvalue weighted by molar-refractivity contribution is 5.94. The van der Waals surface area contributed by atoms with Gasteiger partial charge in [0.15, 0.2) is 5.76 Å². The van der Waals surface area contributed by atoms with E-state index in [4.69, 9.17) is 9.15 Å². The molecule has 0 aliphatic carbocycles. The van der Waals surface area contributed by atoms with Crippen molar-refractivity contribution < 1.29 is 13.9 Å². The van der Waals surface area contributed by atoms with Crippen molar-refractivity contribution in [3.05, 3.63) is 24.2 Å². The van der Waals surface area contributed by atoms with E-state index in [0.717, 1.165) is 32.5 Å². The molecule has 0 aromatic carbocycles. The fourth-order valence-corrected chi connectivity index (χ4v) is 2.25. The van der Waals surface area contributed by atoms with E-state index in [0.29, 0.717) is 12.3 Å². The lowest BCUT2D eigenvalue weighted by atomic mass is 10.1. The third-order valence-corrected chi connectivity index (χ3v) is 3.03. The standard InChI is InChI=1S/C13H19NO3/c1-2-16-11-5-3-7-14(9-11)10-12(15)13-6-4-8-17-13/h4,6,8,11H,2-3,5,7,9-10H2,1H3. The van der Waals surface area contributed by atoms with Gasteiger partial charge in [0.1, 0.15) is 0 Å². The van der Waals surface area contributed by atoms with E-state index in [1.165, 1.54) is 6.26 Å². The van der Waals surface area contributed by atoms with Crippen LogP contribution in [0.4, 0.5) is 0 Å². The van der Waals surface area contributed by atoms with Crippen molar-refractivity contribution in [1.29, 1.82) is 0 Å². The normalized spacial score (nSPS) is 21.6. The van der Waals surface area contributed by atoms with Gasteiger partial charge in [-0.2, -0.15) is 0 Å². The molecular weight excluding hydrogens is 218 g/mol. The average Bonchev–Trinajstić information content (AvgIpc) is 2.83. The number of rotatable bonds is 5.